The van der Waals surface area contributed by atoms with E-state index in [4.69, 9.17) is 5.11 Å². The fraction of sp³-hybridized carbons (Fsp3) is 0.483. The van der Waals surface area contributed by atoms with E-state index in [0.29, 0.717) is 18.7 Å². The Morgan fingerprint density at radius 1 is 0.775 bits per heavy atom. The quantitative estimate of drug-likeness (QED) is 0.320. The number of carbonyl (C=O) groups is 3. The number of hydrogen-bond donors (Lipinski definition) is 2. The van der Waals surface area contributed by atoms with E-state index in [2.05, 4.69) is 4.74 Å². The van der Waals surface area contributed by atoms with Crippen LogP contribution in [0.25, 0.3) is 0 Å². The van der Waals surface area contributed by atoms with Crippen molar-refractivity contribution in [3.63, 3.8) is 0 Å². The predicted molar refractivity (Wildman–Crippen MR) is 138 cm³/mol. The molecular formula is C29H35F4NO6. The molecule has 0 aromatic heterocycles. The molecule has 0 spiro atoms. The van der Waals surface area contributed by atoms with Crippen LogP contribution < -0.4 is 0 Å². The number of rotatable bonds is 4. The number of ether oxygens (including phenoxy) is 1. The molecule has 1 aliphatic carbocycles. The Labute approximate surface area is 230 Å². The van der Waals surface area contributed by atoms with Crippen molar-refractivity contribution in [1.29, 1.82) is 0 Å². The Balaban J connectivity index is 0.000000230. The van der Waals surface area contributed by atoms with Crippen molar-refractivity contribution >= 4 is 17.8 Å². The summed E-state index contributed by atoms with van der Waals surface area (Å²) in [5.74, 6) is -3.55. The lowest BCUT2D eigenvalue weighted by Gasteiger charge is -2.18. The third-order valence-corrected chi connectivity index (χ3v) is 7.02. The average molecular weight is 570 g/mol. The number of carbonyl (C=O) groups excluding carboxylic acids is 3. The largest absolute Gasteiger partial charge is 0.396 e. The van der Waals surface area contributed by atoms with Crippen LogP contribution in [0.15, 0.2) is 36.4 Å². The highest BCUT2D eigenvalue weighted by Crippen LogP contribution is 2.40. The normalized spacial score (nSPS) is 21.6. The maximum Gasteiger partial charge on any atom is 0.310 e. The first-order valence-corrected chi connectivity index (χ1v) is 12.9. The number of amides is 1. The zero-order valence-electron chi connectivity index (χ0n) is 22.7. The molecule has 1 saturated heterocycles. The molecule has 0 bridgehead atoms. The van der Waals surface area contributed by atoms with Gasteiger partial charge in [-0.05, 0) is 72.2 Å². The Kier molecular flexibility index (Phi) is 12.7. The summed E-state index contributed by atoms with van der Waals surface area (Å²) in [4.78, 5) is 32.5. The van der Waals surface area contributed by atoms with Crippen LogP contribution >= 0.6 is 0 Å². The lowest BCUT2D eigenvalue weighted by Crippen LogP contribution is -2.26. The Bertz CT molecular complexity index is 1170. The number of aliphatic hydroxyl groups is 2. The molecule has 0 radical (unpaired) electrons. The zero-order chi connectivity index (χ0) is 30.0. The van der Waals surface area contributed by atoms with Gasteiger partial charge in [0.05, 0.1) is 0 Å². The second-order valence-electron chi connectivity index (χ2n) is 9.87. The van der Waals surface area contributed by atoms with Crippen molar-refractivity contribution in [3.8, 4) is 0 Å². The van der Waals surface area contributed by atoms with Gasteiger partial charge in [0.15, 0.2) is 0 Å². The van der Waals surface area contributed by atoms with Gasteiger partial charge in [0.2, 0.25) is 5.91 Å². The van der Waals surface area contributed by atoms with Gasteiger partial charge in [-0.2, -0.15) is 0 Å². The van der Waals surface area contributed by atoms with Crippen molar-refractivity contribution in [1.82, 2.24) is 4.90 Å². The minimum Gasteiger partial charge on any atom is -0.396 e. The first-order chi connectivity index (χ1) is 18.9. The van der Waals surface area contributed by atoms with Crippen LogP contribution in [0.4, 0.5) is 17.6 Å². The smallest absolute Gasteiger partial charge is 0.310 e. The molecule has 2 aliphatic rings. The standard InChI is InChI=1S/C13H15F2NO2.C12H14F2O.C4H6O3/c1-8(18)16-5-9(7-17)12(6-16)11-4-10(14)2-3-13(11)15;13-9-4-5-12(14)11(6-9)10-3-1-2-8(10)7-15;1-3(5)7-4(2)6/h2-4,9,12,17H,5-7H2,1H3;4-6,8,10,15H,1-3,7H2;1-2H3/t9-,12+;8-,10+;/m00./s1. The van der Waals surface area contributed by atoms with Gasteiger partial charge >= 0.3 is 11.9 Å². The van der Waals surface area contributed by atoms with E-state index in [1.807, 2.05) is 0 Å². The third-order valence-electron chi connectivity index (χ3n) is 7.02. The Morgan fingerprint density at radius 3 is 1.70 bits per heavy atom. The molecule has 1 aliphatic heterocycles. The first kappa shape index (κ1) is 32.9. The summed E-state index contributed by atoms with van der Waals surface area (Å²) in [6, 6.07) is 6.83. The van der Waals surface area contributed by atoms with Gasteiger partial charge in [0.25, 0.3) is 0 Å². The summed E-state index contributed by atoms with van der Waals surface area (Å²) >= 11 is 0. The molecule has 2 N–H and O–H groups in total. The predicted octanol–water partition coefficient (Wildman–Crippen LogP) is 4.46. The molecule has 2 aromatic carbocycles. The van der Waals surface area contributed by atoms with E-state index >= 15 is 0 Å². The van der Waals surface area contributed by atoms with Crippen LogP contribution in [0.1, 0.15) is 63.0 Å². The molecule has 4 rings (SSSR count). The molecule has 7 nitrogen and oxygen atoms in total. The van der Waals surface area contributed by atoms with Gasteiger partial charge in [-0.15, -0.1) is 0 Å². The molecule has 0 unspecified atom stereocenters. The third kappa shape index (κ3) is 9.41. The molecule has 2 fully saturated rings. The van der Waals surface area contributed by atoms with Gasteiger partial charge in [-0.25, -0.2) is 17.6 Å². The highest BCUT2D eigenvalue weighted by atomic mass is 19.1. The van der Waals surface area contributed by atoms with Crippen LogP contribution in [0, 0.1) is 35.1 Å². The van der Waals surface area contributed by atoms with Crippen LogP contribution in [0.2, 0.25) is 0 Å². The number of esters is 2. The average Bonchev–Trinajstić information content (AvgIpc) is 3.54. The highest BCUT2D eigenvalue weighted by Gasteiger charge is 2.36. The van der Waals surface area contributed by atoms with Gasteiger partial charge < -0.3 is 19.8 Å². The van der Waals surface area contributed by atoms with Crippen LogP contribution in [-0.4, -0.2) is 59.3 Å². The van der Waals surface area contributed by atoms with Crippen molar-refractivity contribution in [3.05, 3.63) is 70.8 Å². The minimum absolute atomic E-state index is 0.0225. The monoisotopic (exact) mass is 569 g/mol. The maximum absolute atomic E-state index is 13.7. The number of benzene rings is 2. The number of likely N-dealkylation sites (tertiary alicyclic amines) is 1. The molecule has 2 aromatic rings. The second kappa shape index (κ2) is 15.5. The van der Waals surface area contributed by atoms with Gasteiger partial charge in [0, 0.05) is 58.9 Å². The first-order valence-electron chi connectivity index (χ1n) is 12.9. The Hall–Kier alpha value is -3.31. The van der Waals surface area contributed by atoms with Crippen LogP contribution in [-0.2, 0) is 19.1 Å². The van der Waals surface area contributed by atoms with E-state index < -0.39 is 29.4 Å². The van der Waals surface area contributed by atoms with Gasteiger partial charge in [-0.3, -0.25) is 14.4 Å². The van der Waals surface area contributed by atoms with E-state index in [1.54, 1.807) is 4.90 Å². The summed E-state index contributed by atoms with van der Waals surface area (Å²) in [5, 5.41) is 18.4. The van der Waals surface area contributed by atoms with Crippen molar-refractivity contribution < 1.29 is 46.9 Å². The zero-order valence-corrected chi connectivity index (χ0v) is 22.7. The SMILES string of the molecule is CC(=O)N1C[C@@H](CO)[C@H](c2cc(F)ccc2F)C1.CC(=O)OC(C)=O.OC[C@@H]1CCC[C@H]1c1cc(F)ccc1F. The second-order valence-corrected chi connectivity index (χ2v) is 9.87. The molecular weight excluding hydrogens is 534 g/mol. The van der Waals surface area contributed by atoms with E-state index in [9.17, 15) is 37.1 Å². The molecule has 4 atom stereocenters. The van der Waals surface area contributed by atoms with Crippen molar-refractivity contribution in [2.75, 3.05) is 26.3 Å². The summed E-state index contributed by atoms with van der Waals surface area (Å²) in [7, 11) is 0. The summed E-state index contributed by atoms with van der Waals surface area (Å²) in [5.41, 5.74) is 0.657. The maximum atomic E-state index is 13.7. The lowest BCUT2D eigenvalue weighted by atomic mass is 9.89. The number of hydrogen-bond acceptors (Lipinski definition) is 6. The summed E-state index contributed by atoms with van der Waals surface area (Å²) in [6.07, 6.45) is 2.72. The van der Waals surface area contributed by atoms with Gasteiger partial charge in [0.1, 0.15) is 23.3 Å². The Morgan fingerprint density at radius 2 is 1.27 bits per heavy atom. The highest BCUT2D eigenvalue weighted by molar-refractivity contribution is 5.82. The van der Waals surface area contributed by atoms with E-state index in [0.717, 1.165) is 49.6 Å². The number of halogens is 4. The fourth-order valence-corrected chi connectivity index (χ4v) is 5.13. The number of nitrogens with zero attached hydrogens (tertiary/aromatic N) is 1. The van der Waals surface area contributed by atoms with E-state index in [-0.39, 0.29) is 54.2 Å². The molecule has 1 saturated carbocycles. The fourth-order valence-electron chi connectivity index (χ4n) is 5.13. The van der Waals surface area contributed by atoms with Crippen LogP contribution in [0.3, 0.4) is 0 Å². The van der Waals surface area contributed by atoms with E-state index in [1.165, 1.54) is 26.8 Å². The van der Waals surface area contributed by atoms with Crippen LogP contribution in [0.5, 0.6) is 0 Å². The summed E-state index contributed by atoms with van der Waals surface area (Å²) < 4.78 is 57.3. The van der Waals surface area contributed by atoms with Gasteiger partial charge in [-0.1, -0.05) is 6.42 Å². The molecule has 1 heterocycles. The van der Waals surface area contributed by atoms with Crippen molar-refractivity contribution in [2.24, 2.45) is 11.8 Å². The summed E-state index contributed by atoms with van der Waals surface area (Å²) in [6.45, 7) is 4.40. The van der Waals surface area contributed by atoms with Crippen molar-refractivity contribution in [2.45, 2.75) is 51.9 Å². The topological polar surface area (TPSA) is 104 Å². The minimum atomic E-state index is -0.562. The molecule has 220 valence electrons. The molecule has 11 heteroatoms. The molecule has 1 amide bonds. The molecule has 40 heavy (non-hydrogen) atoms. The lowest BCUT2D eigenvalue weighted by molar-refractivity contribution is -0.156. The number of aliphatic hydroxyl groups excluding tert-OH is 2.